The van der Waals surface area contributed by atoms with Crippen LogP contribution in [-0.2, 0) is 0 Å². The Morgan fingerprint density at radius 2 is 2.04 bits per heavy atom. The summed E-state index contributed by atoms with van der Waals surface area (Å²) < 4.78 is 11.4. The van der Waals surface area contributed by atoms with Crippen molar-refractivity contribution < 1.29 is 14.3 Å². The van der Waals surface area contributed by atoms with Gasteiger partial charge in [-0.15, -0.1) is 0 Å². The van der Waals surface area contributed by atoms with Gasteiger partial charge in [-0.05, 0) is 31.2 Å². The molecule has 1 aromatic carbocycles. The minimum Gasteiger partial charge on any atom is -0.486 e. The molecule has 0 aliphatic carbocycles. The average Bonchev–Trinajstić information content (AvgIpc) is 2.60. The number of fused-ring (bicyclic) bond motifs is 1. The SMILES string of the molecule is C[C@H](NC(=O)NC[C@H]1COc2ccccc2O1)c1ccccn1. The van der Waals surface area contributed by atoms with Gasteiger partial charge in [-0.3, -0.25) is 4.98 Å². The maximum absolute atomic E-state index is 12.0. The number of benzene rings is 1. The van der Waals surface area contributed by atoms with Crippen molar-refractivity contribution in [3.63, 3.8) is 0 Å². The number of carbonyl (C=O) groups is 1. The summed E-state index contributed by atoms with van der Waals surface area (Å²) in [5.41, 5.74) is 0.814. The number of aromatic nitrogens is 1. The highest BCUT2D eigenvalue weighted by molar-refractivity contribution is 5.74. The van der Waals surface area contributed by atoms with Crippen molar-refractivity contribution in [1.82, 2.24) is 15.6 Å². The fourth-order valence-electron chi connectivity index (χ4n) is 2.32. The van der Waals surface area contributed by atoms with Crippen LogP contribution >= 0.6 is 0 Å². The van der Waals surface area contributed by atoms with Gasteiger partial charge in [-0.25, -0.2) is 4.79 Å². The van der Waals surface area contributed by atoms with E-state index in [1.54, 1.807) is 6.20 Å². The van der Waals surface area contributed by atoms with E-state index in [1.807, 2.05) is 49.4 Å². The normalized spacial score (nSPS) is 17.2. The first kappa shape index (κ1) is 15.1. The first-order valence-electron chi connectivity index (χ1n) is 7.56. The van der Waals surface area contributed by atoms with Crippen molar-refractivity contribution in [3.8, 4) is 11.5 Å². The Morgan fingerprint density at radius 3 is 2.83 bits per heavy atom. The zero-order valence-corrected chi connectivity index (χ0v) is 12.9. The molecule has 6 nitrogen and oxygen atoms in total. The Labute approximate surface area is 134 Å². The number of rotatable bonds is 4. The Morgan fingerprint density at radius 1 is 1.26 bits per heavy atom. The molecule has 2 amide bonds. The molecule has 6 heteroatoms. The molecule has 2 heterocycles. The molecule has 3 rings (SSSR count). The van der Waals surface area contributed by atoms with Crippen molar-refractivity contribution in [3.05, 3.63) is 54.4 Å². The van der Waals surface area contributed by atoms with Crippen LogP contribution in [0.25, 0.3) is 0 Å². The molecular formula is C17H19N3O3. The summed E-state index contributed by atoms with van der Waals surface area (Å²) in [5.74, 6) is 1.43. The number of para-hydroxylation sites is 2. The second-order valence-electron chi connectivity index (χ2n) is 5.33. The topological polar surface area (TPSA) is 72.5 Å². The Kier molecular flexibility index (Phi) is 4.61. The standard InChI is InChI=1S/C17H19N3O3/c1-12(14-6-4-5-9-18-14)20-17(21)19-10-13-11-22-15-7-2-3-8-16(15)23-13/h2-9,12-13H,10-11H2,1H3,(H2,19,20,21)/t12-,13-/m0/s1. The third-order valence-corrected chi connectivity index (χ3v) is 3.54. The summed E-state index contributed by atoms with van der Waals surface area (Å²) in [7, 11) is 0. The maximum atomic E-state index is 12.0. The lowest BCUT2D eigenvalue weighted by atomic mass is 10.2. The van der Waals surface area contributed by atoms with Gasteiger partial charge in [0.15, 0.2) is 17.6 Å². The van der Waals surface area contributed by atoms with Crippen LogP contribution in [0.1, 0.15) is 18.7 Å². The predicted molar refractivity (Wildman–Crippen MR) is 85.5 cm³/mol. The molecule has 2 N–H and O–H groups in total. The van der Waals surface area contributed by atoms with Gasteiger partial charge in [0.25, 0.3) is 0 Å². The van der Waals surface area contributed by atoms with Crippen molar-refractivity contribution >= 4 is 6.03 Å². The van der Waals surface area contributed by atoms with Gasteiger partial charge in [0.05, 0.1) is 18.3 Å². The number of ether oxygens (including phenoxy) is 2. The molecule has 0 unspecified atom stereocenters. The fraction of sp³-hybridized carbons (Fsp3) is 0.294. The largest absolute Gasteiger partial charge is 0.486 e. The minimum absolute atomic E-state index is 0.166. The first-order chi connectivity index (χ1) is 11.2. The fourth-order valence-corrected chi connectivity index (χ4v) is 2.32. The van der Waals surface area contributed by atoms with E-state index in [4.69, 9.17) is 9.47 Å². The number of urea groups is 1. The molecule has 120 valence electrons. The highest BCUT2D eigenvalue weighted by Crippen LogP contribution is 2.30. The first-order valence-corrected chi connectivity index (χ1v) is 7.56. The van der Waals surface area contributed by atoms with E-state index in [-0.39, 0.29) is 18.2 Å². The van der Waals surface area contributed by atoms with Crippen LogP contribution in [0.4, 0.5) is 4.79 Å². The van der Waals surface area contributed by atoms with Gasteiger partial charge in [0.1, 0.15) is 6.61 Å². The third-order valence-electron chi connectivity index (χ3n) is 3.54. The predicted octanol–water partition coefficient (Wildman–Crippen LogP) is 2.28. The van der Waals surface area contributed by atoms with Gasteiger partial charge in [-0.1, -0.05) is 18.2 Å². The van der Waals surface area contributed by atoms with Crippen molar-refractivity contribution in [2.24, 2.45) is 0 Å². The Hall–Kier alpha value is -2.76. The lowest BCUT2D eigenvalue weighted by molar-refractivity contribution is 0.0917. The van der Waals surface area contributed by atoms with E-state index in [2.05, 4.69) is 15.6 Å². The molecule has 0 fully saturated rings. The van der Waals surface area contributed by atoms with E-state index in [9.17, 15) is 4.79 Å². The lowest BCUT2D eigenvalue weighted by Gasteiger charge is -2.26. The molecule has 0 saturated heterocycles. The minimum atomic E-state index is -0.259. The second kappa shape index (κ2) is 7.00. The summed E-state index contributed by atoms with van der Waals surface area (Å²) in [4.78, 5) is 16.2. The summed E-state index contributed by atoms with van der Waals surface area (Å²) in [6, 6.07) is 12.7. The highest BCUT2D eigenvalue weighted by atomic mass is 16.6. The molecule has 0 bridgehead atoms. The summed E-state index contributed by atoms with van der Waals surface area (Å²) >= 11 is 0. The van der Waals surface area contributed by atoms with E-state index in [0.29, 0.717) is 18.9 Å². The van der Waals surface area contributed by atoms with Gasteiger partial charge >= 0.3 is 6.03 Å². The maximum Gasteiger partial charge on any atom is 0.315 e. The molecule has 23 heavy (non-hydrogen) atoms. The number of hydrogen-bond acceptors (Lipinski definition) is 4. The summed E-state index contributed by atoms with van der Waals surface area (Å²) in [5, 5.41) is 5.65. The molecule has 1 aromatic heterocycles. The van der Waals surface area contributed by atoms with Crippen LogP contribution in [-0.4, -0.2) is 30.3 Å². The second-order valence-corrected chi connectivity index (χ2v) is 5.33. The van der Waals surface area contributed by atoms with Crippen LogP contribution in [0.3, 0.4) is 0 Å². The molecule has 1 aliphatic heterocycles. The monoisotopic (exact) mass is 313 g/mol. The van der Waals surface area contributed by atoms with Crippen LogP contribution in [0, 0.1) is 0 Å². The van der Waals surface area contributed by atoms with Gasteiger partial charge < -0.3 is 20.1 Å². The number of amides is 2. The van der Waals surface area contributed by atoms with E-state index in [0.717, 1.165) is 11.4 Å². The quantitative estimate of drug-likeness (QED) is 0.908. The molecule has 0 radical (unpaired) electrons. The van der Waals surface area contributed by atoms with Crippen molar-refractivity contribution in [2.75, 3.05) is 13.2 Å². The smallest absolute Gasteiger partial charge is 0.315 e. The molecule has 1 aliphatic rings. The van der Waals surface area contributed by atoms with Crippen LogP contribution in [0.2, 0.25) is 0 Å². The highest BCUT2D eigenvalue weighted by Gasteiger charge is 2.21. The van der Waals surface area contributed by atoms with Crippen LogP contribution in [0.15, 0.2) is 48.7 Å². The van der Waals surface area contributed by atoms with Gasteiger partial charge in [0.2, 0.25) is 0 Å². The number of nitrogens with one attached hydrogen (secondary N) is 2. The molecule has 0 spiro atoms. The van der Waals surface area contributed by atoms with Gasteiger partial charge in [0, 0.05) is 6.20 Å². The zero-order chi connectivity index (χ0) is 16.1. The zero-order valence-electron chi connectivity index (χ0n) is 12.9. The van der Waals surface area contributed by atoms with Crippen LogP contribution < -0.4 is 20.1 Å². The van der Waals surface area contributed by atoms with Crippen molar-refractivity contribution in [2.45, 2.75) is 19.1 Å². The number of hydrogen-bond donors (Lipinski definition) is 2. The van der Waals surface area contributed by atoms with Crippen LogP contribution in [0.5, 0.6) is 11.5 Å². The molecule has 2 aromatic rings. The number of pyridine rings is 1. The van der Waals surface area contributed by atoms with E-state index < -0.39 is 0 Å². The average molecular weight is 313 g/mol. The molecule has 0 saturated carbocycles. The lowest BCUT2D eigenvalue weighted by Crippen LogP contribution is -2.45. The number of nitrogens with zero attached hydrogens (tertiary/aromatic N) is 1. The Bertz CT molecular complexity index is 663. The Balaban J connectivity index is 1.47. The molecule has 2 atom stereocenters. The van der Waals surface area contributed by atoms with Crippen molar-refractivity contribution in [1.29, 1.82) is 0 Å². The van der Waals surface area contributed by atoms with E-state index >= 15 is 0 Å². The summed E-state index contributed by atoms with van der Waals surface area (Å²) in [6.45, 7) is 2.67. The van der Waals surface area contributed by atoms with Gasteiger partial charge in [-0.2, -0.15) is 0 Å². The number of carbonyl (C=O) groups excluding carboxylic acids is 1. The van der Waals surface area contributed by atoms with E-state index in [1.165, 1.54) is 0 Å². The third kappa shape index (κ3) is 3.91. The molecular weight excluding hydrogens is 294 g/mol. The summed E-state index contributed by atoms with van der Waals surface area (Å²) in [6.07, 6.45) is 1.50.